The number of aliphatic hydroxyl groups excluding tert-OH is 4. The summed E-state index contributed by atoms with van der Waals surface area (Å²) >= 11 is 0. The number of nitrogens with one attached hydrogen (secondary N) is 1. The van der Waals surface area contributed by atoms with E-state index in [0.29, 0.717) is 12.8 Å². The second kappa shape index (κ2) is 47.8. The molecule has 0 aromatic carbocycles. The quantitative estimate of drug-likeness (QED) is 0.0310. The first kappa shape index (κ1) is 57.8. The van der Waals surface area contributed by atoms with Crippen molar-refractivity contribution in [1.29, 1.82) is 0 Å². The molecule has 6 heteroatoms. The van der Waals surface area contributed by atoms with Crippen LogP contribution in [0.25, 0.3) is 0 Å². The molecule has 0 spiro atoms. The van der Waals surface area contributed by atoms with E-state index in [2.05, 4.69) is 43.5 Å². The summed E-state index contributed by atoms with van der Waals surface area (Å²) in [6.07, 6.45) is 57.1. The van der Waals surface area contributed by atoms with E-state index >= 15 is 0 Å². The first-order valence-electron chi connectivity index (χ1n) is 26.2. The van der Waals surface area contributed by atoms with Crippen LogP contribution >= 0.6 is 0 Å². The third-order valence-electron chi connectivity index (χ3n) is 12.4. The second-order valence-electron chi connectivity index (χ2n) is 18.2. The largest absolute Gasteiger partial charge is 0.394 e. The van der Waals surface area contributed by atoms with E-state index in [-0.39, 0.29) is 0 Å². The number of amides is 1. The predicted octanol–water partition coefficient (Wildman–Crippen LogP) is 14.7. The molecule has 0 aromatic heterocycles. The lowest BCUT2D eigenvalue weighted by molar-refractivity contribution is -0.132. The van der Waals surface area contributed by atoms with Crippen LogP contribution in [0.5, 0.6) is 0 Å². The van der Waals surface area contributed by atoms with Crippen molar-refractivity contribution in [1.82, 2.24) is 5.32 Å². The van der Waals surface area contributed by atoms with Crippen molar-refractivity contribution in [2.45, 2.75) is 301 Å². The molecule has 59 heavy (non-hydrogen) atoms. The number of hydrogen-bond acceptors (Lipinski definition) is 5. The fourth-order valence-corrected chi connectivity index (χ4v) is 8.22. The first-order valence-corrected chi connectivity index (χ1v) is 26.2. The summed E-state index contributed by atoms with van der Waals surface area (Å²) in [5.74, 6) is -0.593. The smallest absolute Gasteiger partial charge is 0.249 e. The van der Waals surface area contributed by atoms with Gasteiger partial charge < -0.3 is 25.7 Å². The van der Waals surface area contributed by atoms with Gasteiger partial charge in [-0.25, -0.2) is 0 Å². The molecule has 350 valence electrons. The van der Waals surface area contributed by atoms with Gasteiger partial charge in [-0.15, -0.1) is 0 Å². The fraction of sp³-hybridized carbons (Fsp3) is 0.906. The van der Waals surface area contributed by atoms with Crippen LogP contribution in [0.3, 0.4) is 0 Å². The standard InChI is InChI=1S/C53H103NO5/c1-3-5-7-9-11-13-14-15-16-17-18-19-20-21-22-23-24-25-26-27-28-29-30-31-32-33-34-35-36-37-39-41-43-45-47-51(57)53(59)54-49(48-55)52(58)50(56)46-44-42-40-38-12-10-8-6-4-2/h23-24,38,40,49-52,55-58H,3-22,25-37,39,41-48H2,1-2H3,(H,54,59)/b24-23-,40-38+. The molecule has 0 rings (SSSR count). The molecule has 0 aliphatic carbocycles. The molecule has 0 heterocycles. The lowest BCUT2D eigenvalue weighted by Crippen LogP contribution is -2.53. The van der Waals surface area contributed by atoms with Crippen molar-refractivity contribution >= 4 is 5.91 Å². The van der Waals surface area contributed by atoms with Gasteiger partial charge >= 0.3 is 0 Å². The molecule has 4 unspecified atom stereocenters. The summed E-state index contributed by atoms with van der Waals surface area (Å²) in [6, 6.07) is -0.998. The zero-order chi connectivity index (χ0) is 43.1. The molecule has 4 atom stereocenters. The summed E-state index contributed by atoms with van der Waals surface area (Å²) in [4.78, 5) is 12.5. The Bertz CT molecular complexity index is 893. The van der Waals surface area contributed by atoms with Gasteiger partial charge in [-0.1, -0.05) is 237 Å². The topological polar surface area (TPSA) is 110 Å². The molecule has 0 radical (unpaired) electrons. The number of hydrogen-bond donors (Lipinski definition) is 5. The van der Waals surface area contributed by atoms with E-state index in [1.807, 2.05) is 0 Å². The molecule has 0 bridgehead atoms. The van der Waals surface area contributed by atoms with Crippen molar-refractivity contribution in [2.75, 3.05) is 6.61 Å². The second-order valence-corrected chi connectivity index (χ2v) is 18.2. The van der Waals surface area contributed by atoms with Crippen LogP contribution in [0.15, 0.2) is 24.3 Å². The zero-order valence-electron chi connectivity index (χ0n) is 39.5. The van der Waals surface area contributed by atoms with Crippen LogP contribution in [0.2, 0.25) is 0 Å². The van der Waals surface area contributed by atoms with Crippen LogP contribution < -0.4 is 5.32 Å². The van der Waals surface area contributed by atoms with Gasteiger partial charge in [0, 0.05) is 0 Å². The third-order valence-corrected chi connectivity index (χ3v) is 12.4. The highest BCUT2D eigenvalue weighted by molar-refractivity contribution is 5.80. The first-order chi connectivity index (χ1) is 29.0. The van der Waals surface area contributed by atoms with Crippen molar-refractivity contribution in [3.63, 3.8) is 0 Å². The summed E-state index contributed by atoms with van der Waals surface area (Å²) < 4.78 is 0. The summed E-state index contributed by atoms with van der Waals surface area (Å²) in [6.45, 7) is 4.01. The third kappa shape index (κ3) is 41.9. The van der Waals surface area contributed by atoms with Crippen LogP contribution in [0.4, 0.5) is 0 Å². The minimum atomic E-state index is -1.28. The number of rotatable bonds is 48. The molecule has 0 aliphatic heterocycles. The molecular formula is C53H103NO5. The normalized spacial score (nSPS) is 14.1. The van der Waals surface area contributed by atoms with Crippen LogP contribution in [0.1, 0.15) is 277 Å². The monoisotopic (exact) mass is 834 g/mol. The van der Waals surface area contributed by atoms with Gasteiger partial charge in [-0.05, 0) is 64.2 Å². The molecule has 6 nitrogen and oxygen atoms in total. The highest BCUT2D eigenvalue weighted by atomic mass is 16.3. The summed E-state index contributed by atoms with van der Waals surface area (Å²) in [5.41, 5.74) is 0. The molecule has 0 saturated heterocycles. The van der Waals surface area contributed by atoms with E-state index < -0.39 is 36.9 Å². The van der Waals surface area contributed by atoms with Crippen molar-refractivity contribution in [3.8, 4) is 0 Å². The van der Waals surface area contributed by atoms with Gasteiger partial charge in [0.15, 0.2) is 0 Å². The Morgan fingerprint density at radius 2 is 0.695 bits per heavy atom. The average Bonchev–Trinajstić information content (AvgIpc) is 3.24. The van der Waals surface area contributed by atoms with E-state index in [0.717, 1.165) is 38.5 Å². The van der Waals surface area contributed by atoms with Gasteiger partial charge in [0.2, 0.25) is 5.91 Å². The molecular weight excluding hydrogens is 731 g/mol. The molecule has 0 aromatic rings. The minimum absolute atomic E-state index is 0.365. The molecule has 1 amide bonds. The maximum absolute atomic E-state index is 12.5. The number of carbonyl (C=O) groups excluding carboxylic acids is 1. The van der Waals surface area contributed by atoms with Crippen LogP contribution in [-0.4, -0.2) is 57.3 Å². The molecule has 5 N–H and O–H groups in total. The van der Waals surface area contributed by atoms with Gasteiger partial charge in [0.1, 0.15) is 12.2 Å². The molecule has 0 saturated carbocycles. The minimum Gasteiger partial charge on any atom is -0.394 e. The number of allylic oxidation sites excluding steroid dienone is 4. The number of unbranched alkanes of at least 4 members (excludes halogenated alkanes) is 35. The predicted molar refractivity (Wildman–Crippen MR) is 256 cm³/mol. The Balaban J connectivity index is 3.51. The van der Waals surface area contributed by atoms with Crippen LogP contribution in [-0.2, 0) is 4.79 Å². The van der Waals surface area contributed by atoms with Gasteiger partial charge in [0.25, 0.3) is 0 Å². The maximum atomic E-state index is 12.5. The van der Waals surface area contributed by atoms with E-state index in [9.17, 15) is 25.2 Å². The van der Waals surface area contributed by atoms with E-state index in [4.69, 9.17) is 0 Å². The highest BCUT2D eigenvalue weighted by Gasteiger charge is 2.28. The van der Waals surface area contributed by atoms with Gasteiger partial charge in [-0.3, -0.25) is 4.79 Å². The van der Waals surface area contributed by atoms with Crippen molar-refractivity contribution < 1.29 is 25.2 Å². The zero-order valence-corrected chi connectivity index (χ0v) is 39.5. The van der Waals surface area contributed by atoms with E-state index in [1.54, 1.807) is 0 Å². The van der Waals surface area contributed by atoms with Crippen molar-refractivity contribution in [2.24, 2.45) is 0 Å². The van der Waals surface area contributed by atoms with Crippen molar-refractivity contribution in [3.05, 3.63) is 24.3 Å². The molecule has 0 aliphatic rings. The Labute approximate surface area is 367 Å². The molecule has 0 fully saturated rings. The van der Waals surface area contributed by atoms with Gasteiger partial charge in [-0.2, -0.15) is 0 Å². The Morgan fingerprint density at radius 1 is 0.407 bits per heavy atom. The van der Waals surface area contributed by atoms with Crippen LogP contribution in [0, 0.1) is 0 Å². The lowest BCUT2D eigenvalue weighted by atomic mass is 10.00. The summed E-state index contributed by atoms with van der Waals surface area (Å²) in [5, 5.41) is 43.5. The van der Waals surface area contributed by atoms with Gasteiger partial charge in [0.05, 0.1) is 18.8 Å². The summed E-state index contributed by atoms with van der Waals surface area (Å²) in [7, 11) is 0. The SMILES string of the molecule is CCCCCC/C=C/CCCC(O)C(O)C(CO)NC(=O)C(O)CCCCCCCCCCCCCCCCCC/C=C\CCCCCCCCCCCCCCCC. The number of carbonyl (C=O) groups is 1. The Kier molecular flexibility index (Phi) is 46.9. The van der Waals surface area contributed by atoms with E-state index in [1.165, 1.54) is 212 Å². The Morgan fingerprint density at radius 3 is 1.03 bits per heavy atom. The maximum Gasteiger partial charge on any atom is 0.249 e. The average molecular weight is 834 g/mol. The fourth-order valence-electron chi connectivity index (χ4n) is 8.22. The highest BCUT2D eigenvalue weighted by Crippen LogP contribution is 2.17. The Hall–Kier alpha value is -1.21. The lowest BCUT2D eigenvalue weighted by Gasteiger charge is -2.27. The number of aliphatic hydroxyl groups is 4.